The average molecular weight is 279 g/mol. The Labute approximate surface area is 116 Å². The molecule has 0 aromatic heterocycles. The summed E-state index contributed by atoms with van der Waals surface area (Å²) in [5.74, 6) is 0. The first-order valence-corrected chi connectivity index (χ1v) is 6.42. The first kappa shape index (κ1) is 14.6. The number of nitrogens with one attached hydrogen (secondary N) is 1. The molecule has 0 aliphatic carbocycles. The lowest BCUT2D eigenvalue weighted by atomic mass is 10.0. The lowest BCUT2D eigenvalue weighted by molar-refractivity contribution is -0.138. The molecule has 2 aromatic rings. The van der Waals surface area contributed by atoms with E-state index in [0.717, 1.165) is 11.6 Å². The third kappa shape index (κ3) is 3.61. The maximum absolute atomic E-state index is 12.9. The topological polar surface area (TPSA) is 12.0 Å². The molecule has 1 nitrogen and oxygen atoms in total. The number of benzene rings is 2. The van der Waals surface area contributed by atoms with Crippen molar-refractivity contribution in [3.8, 4) is 0 Å². The Morgan fingerprint density at radius 2 is 1.55 bits per heavy atom. The number of alkyl halides is 3. The number of hydrogen-bond donors (Lipinski definition) is 1. The van der Waals surface area contributed by atoms with Gasteiger partial charge in [-0.05, 0) is 24.1 Å². The second-order valence-corrected chi connectivity index (χ2v) is 4.67. The van der Waals surface area contributed by atoms with Crippen molar-refractivity contribution >= 4 is 0 Å². The fourth-order valence-electron chi connectivity index (χ4n) is 2.11. The summed E-state index contributed by atoms with van der Waals surface area (Å²) >= 11 is 0. The molecule has 0 aliphatic heterocycles. The van der Waals surface area contributed by atoms with Crippen LogP contribution in [0.5, 0.6) is 0 Å². The van der Waals surface area contributed by atoms with Crippen molar-refractivity contribution in [2.24, 2.45) is 0 Å². The van der Waals surface area contributed by atoms with Crippen LogP contribution in [0.25, 0.3) is 0 Å². The van der Waals surface area contributed by atoms with Crippen molar-refractivity contribution in [3.05, 3.63) is 71.3 Å². The van der Waals surface area contributed by atoms with Crippen molar-refractivity contribution in [2.45, 2.75) is 25.7 Å². The number of halogens is 3. The van der Waals surface area contributed by atoms with Crippen LogP contribution in [0.4, 0.5) is 13.2 Å². The molecule has 0 spiro atoms. The Balaban J connectivity index is 2.12. The minimum Gasteiger partial charge on any atom is -0.306 e. The van der Waals surface area contributed by atoms with Gasteiger partial charge < -0.3 is 5.32 Å². The molecule has 4 heteroatoms. The van der Waals surface area contributed by atoms with E-state index in [1.54, 1.807) is 13.0 Å². The highest BCUT2D eigenvalue weighted by atomic mass is 19.4. The van der Waals surface area contributed by atoms with E-state index in [9.17, 15) is 13.2 Å². The summed E-state index contributed by atoms with van der Waals surface area (Å²) < 4.78 is 38.8. The largest absolute Gasteiger partial charge is 0.416 e. The molecule has 1 N–H and O–H groups in total. The normalized spacial score (nSPS) is 13.2. The highest BCUT2D eigenvalue weighted by molar-refractivity contribution is 5.32. The molecule has 0 heterocycles. The summed E-state index contributed by atoms with van der Waals surface area (Å²) in [4.78, 5) is 0. The second kappa shape index (κ2) is 6.09. The zero-order chi connectivity index (χ0) is 14.6. The van der Waals surface area contributed by atoms with Gasteiger partial charge in [-0.15, -0.1) is 0 Å². The monoisotopic (exact) mass is 279 g/mol. The zero-order valence-electron chi connectivity index (χ0n) is 11.1. The molecular formula is C16H16F3N. The molecule has 1 atom stereocenters. The van der Waals surface area contributed by atoms with E-state index in [1.165, 1.54) is 12.1 Å². The van der Waals surface area contributed by atoms with Crippen molar-refractivity contribution in [2.75, 3.05) is 0 Å². The van der Waals surface area contributed by atoms with Crippen LogP contribution in [0.2, 0.25) is 0 Å². The summed E-state index contributed by atoms with van der Waals surface area (Å²) in [5.41, 5.74) is 0.743. The Hall–Kier alpha value is -1.81. The second-order valence-electron chi connectivity index (χ2n) is 4.67. The van der Waals surface area contributed by atoms with Crippen molar-refractivity contribution in [3.63, 3.8) is 0 Å². The van der Waals surface area contributed by atoms with Crippen LogP contribution < -0.4 is 5.32 Å². The molecule has 0 aliphatic rings. The molecular weight excluding hydrogens is 263 g/mol. The Morgan fingerprint density at radius 1 is 0.950 bits per heavy atom. The van der Waals surface area contributed by atoms with Gasteiger partial charge in [-0.1, -0.05) is 48.5 Å². The van der Waals surface area contributed by atoms with Crippen LogP contribution >= 0.6 is 0 Å². The Kier molecular flexibility index (Phi) is 4.45. The van der Waals surface area contributed by atoms with Crippen molar-refractivity contribution in [1.82, 2.24) is 5.32 Å². The average Bonchev–Trinajstić information content (AvgIpc) is 2.45. The Morgan fingerprint density at radius 3 is 2.20 bits per heavy atom. The van der Waals surface area contributed by atoms with E-state index in [4.69, 9.17) is 0 Å². The maximum Gasteiger partial charge on any atom is 0.416 e. The quantitative estimate of drug-likeness (QED) is 0.865. The van der Waals surface area contributed by atoms with E-state index in [-0.39, 0.29) is 11.6 Å². The van der Waals surface area contributed by atoms with Gasteiger partial charge in [0.15, 0.2) is 0 Å². The molecule has 0 fully saturated rings. The van der Waals surface area contributed by atoms with Crippen LogP contribution in [0.15, 0.2) is 54.6 Å². The first-order valence-electron chi connectivity index (χ1n) is 6.42. The van der Waals surface area contributed by atoms with Crippen LogP contribution in [0, 0.1) is 0 Å². The van der Waals surface area contributed by atoms with Crippen LogP contribution in [-0.2, 0) is 12.7 Å². The van der Waals surface area contributed by atoms with Crippen LogP contribution in [0.1, 0.15) is 29.7 Å². The molecule has 0 radical (unpaired) electrons. The summed E-state index contributed by atoms with van der Waals surface area (Å²) in [6.07, 6.45) is -4.32. The van der Waals surface area contributed by atoms with Gasteiger partial charge in [-0.3, -0.25) is 0 Å². The first-order chi connectivity index (χ1) is 9.48. The van der Waals surface area contributed by atoms with Gasteiger partial charge in [-0.25, -0.2) is 0 Å². The summed E-state index contributed by atoms with van der Waals surface area (Å²) in [6.45, 7) is 2.28. The molecule has 0 bridgehead atoms. The van der Waals surface area contributed by atoms with Gasteiger partial charge in [0, 0.05) is 12.6 Å². The van der Waals surface area contributed by atoms with Gasteiger partial charge in [0.05, 0.1) is 5.56 Å². The van der Waals surface area contributed by atoms with E-state index in [0.29, 0.717) is 6.54 Å². The minimum atomic E-state index is -4.32. The van der Waals surface area contributed by atoms with Crippen molar-refractivity contribution < 1.29 is 13.2 Å². The number of hydrogen-bond acceptors (Lipinski definition) is 1. The molecule has 20 heavy (non-hydrogen) atoms. The van der Waals surface area contributed by atoms with Gasteiger partial charge >= 0.3 is 6.18 Å². The van der Waals surface area contributed by atoms with Crippen LogP contribution in [0.3, 0.4) is 0 Å². The number of rotatable bonds is 4. The smallest absolute Gasteiger partial charge is 0.306 e. The third-order valence-corrected chi connectivity index (χ3v) is 3.19. The predicted octanol–water partition coefficient (Wildman–Crippen LogP) is 4.56. The Bertz CT molecular complexity index is 549. The highest BCUT2D eigenvalue weighted by Gasteiger charge is 2.33. The lowest BCUT2D eigenvalue weighted by Gasteiger charge is -2.19. The lowest BCUT2D eigenvalue weighted by Crippen LogP contribution is -2.21. The van der Waals surface area contributed by atoms with Crippen molar-refractivity contribution in [1.29, 1.82) is 0 Å². The summed E-state index contributed by atoms with van der Waals surface area (Å²) in [5, 5.41) is 3.13. The van der Waals surface area contributed by atoms with E-state index < -0.39 is 11.7 Å². The standard InChI is InChI=1S/C16H16F3N/c1-12(20-11-13-7-3-2-4-8-13)14-9-5-6-10-15(14)16(17,18)19/h2-10,12,20H,11H2,1H3/t12-/m1/s1. The summed E-state index contributed by atoms with van der Waals surface area (Å²) in [7, 11) is 0. The van der Waals surface area contributed by atoms with Gasteiger partial charge in [0.25, 0.3) is 0 Å². The SMILES string of the molecule is C[C@@H](NCc1ccccc1)c1ccccc1C(F)(F)F. The van der Waals surface area contributed by atoms with E-state index in [1.807, 2.05) is 30.3 Å². The molecule has 2 rings (SSSR count). The molecule has 0 saturated carbocycles. The molecule has 0 amide bonds. The minimum absolute atomic E-state index is 0.274. The fraction of sp³-hybridized carbons (Fsp3) is 0.250. The molecule has 0 unspecified atom stereocenters. The molecule has 106 valence electrons. The van der Waals surface area contributed by atoms with Gasteiger partial charge in [0.2, 0.25) is 0 Å². The third-order valence-electron chi connectivity index (χ3n) is 3.19. The highest BCUT2D eigenvalue weighted by Crippen LogP contribution is 2.34. The van der Waals surface area contributed by atoms with Crippen LogP contribution in [-0.4, -0.2) is 0 Å². The molecule has 2 aromatic carbocycles. The summed E-state index contributed by atoms with van der Waals surface area (Å²) in [6, 6.07) is 14.9. The van der Waals surface area contributed by atoms with Gasteiger partial charge in [-0.2, -0.15) is 13.2 Å². The maximum atomic E-state index is 12.9. The van der Waals surface area contributed by atoms with E-state index in [2.05, 4.69) is 5.32 Å². The zero-order valence-corrected chi connectivity index (χ0v) is 11.1. The van der Waals surface area contributed by atoms with E-state index >= 15 is 0 Å². The van der Waals surface area contributed by atoms with Gasteiger partial charge in [0.1, 0.15) is 0 Å². The molecule has 0 saturated heterocycles. The fourth-order valence-corrected chi connectivity index (χ4v) is 2.11. The predicted molar refractivity (Wildman–Crippen MR) is 73.1 cm³/mol.